The third-order valence-electron chi connectivity index (χ3n) is 2.88. The first-order valence-electron chi connectivity index (χ1n) is 5.63. The van der Waals surface area contributed by atoms with Crippen molar-refractivity contribution in [2.24, 2.45) is 0 Å². The molecule has 0 radical (unpaired) electrons. The summed E-state index contributed by atoms with van der Waals surface area (Å²) >= 11 is 0. The van der Waals surface area contributed by atoms with Crippen LogP contribution in [-0.4, -0.2) is 32.5 Å². The van der Waals surface area contributed by atoms with Crippen LogP contribution in [0.15, 0.2) is 12.1 Å². The number of benzene rings is 1. The molecule has 4 nitrogen and oxygen atoms in total. The van der Waals surface area contributed by atoms with Gasteiger partial charge >= 0.3 is 0 Å². The third-order valence-corrected chi connectivity index (χ3v) is 2.88. The van der Waals surface area contributed by atoms with Gasteiger partial charge in [0.05, 0.1) is 26.4 Å². The zero-order chi connectivity index (χ0) is 13.0. The second-order valence-corrected chi connectivity index (χ2v) is 4.07. The van der Waals surface area contributed by atoms with E-state index in [9.17, 15) is 5.11 Å². The third kappa shape index (κ3) is 2.90. The van der Waals surface area contributed by atoms with Crippen LogP contribution >= 0.6 is 0 Å². The molecule has 2 atom stereocenters. The lowest BCUT2D eigenvalue weighted by Crippen LogP contribution is -2.28. The Morgan fingerprint density at radius 3 is 2.29 bits per heavy atom. The van der Waals surface area contributed by atoms with Gasteiger partial charge in [-0.2, -0.15) is 0 Å². The van der Waals surface area contributed by atoms with Crippen LogP contribution in [0.4, 0.5) is 0 Å². The Morgan fingerprint density at radius 1 is 1.24 bits per heavy atom. The van der Waals surface area contributed by atoms with E-state index in [-0.39, 0.29) is 6.04 Å². The second kappa shape index (κ2) is 5.89. The molecule has 0 aliphatic heterocycles. The molecule has 1 aromatic carbocycles. The lowest BCUT2D eigenvalue weighted by atomic mass is 9.96. The average molecular weight is 239 g/mol. The molecule has 1 aromatic rings. The van der Waals surface area contributed by atoms with E-state index in [1.165, 1.54) is 0 Å². The molecule has 0 amide bonds. The first kappa shape index (κ1) is 13.8. The number of rotatable bonds is 5. The Hall–Kier alpha value is -1.26. The normalized spacial score (nSPS) is 14.2. The van der Waals surface area contributed by atoms with Crippen molar-refractivity contribution in [3.8, 4) is 11.5 Å². The molecule has 0 bridgehead atoms. The molecule has 2 unspecified atom stereocenters. The quantitative estimate of drug-likeness (QED) is 0.820. The van der Waals surface area contributed by atoms with Crippen molar-refractivity contribution in [1.29, 1.82) is 0 Å². The minimum absolute atomic E-state index is 0.157. The maximum atomic E-state index is 9.79. The Labute approximate surface area is 103 Å². The number of aryl methyl sites for hydroxylation is 1. The van der Waals surface area contributed by atoms with Gasteiger partial charge in [-0.3, -0.25) is 0 Å². The van der Waals surface area contributed by atoms with E-state index in [0.29, 0.717) is 0 Å². The number of hydrogen-bond acceptors (Lipinski definition) is 4. The van der Waals surface area contributed by atoms with Gasteiger partial charge in [-0.25, -0.2) is 0 Å². The molecular weight excluding hydrogens is 218 g/mol. The highest BCUT2D eigenvalue weighted by Gasteiger charge is 2.22. The number of aliphatic hydroxyl groups is 1. The van der Waals surface area contributed by atoms with Gasteiger partial charge in [0.1, 0.15) is 11.5 Å². The lowest BCUT2D eigenvalue weighted by Gasteiger charge is -2.24. The van der Waals surface area contributed by atoms with Crippen molar-refractivity contribution in [3.63, 3.8) is 0 Å². The van der Waals surface area contributed by atoms with E-state index in [2.05, 4.69) is 5.32 Å². The second-order valence-electron chi connectivity index (χ2n) is 4.07. The van der Waals surface area contributed by atoms with Crippen molar-refractivity contribution in [2.45, 2.75) is 26.0 Å². The number of nitrogens with one attached hydrogen (secondary N) is 1. The first-order chi connectivity index (χ1) is 8.04. The Balaban J connectivity index is 3.30. The van der Waals surface area contributed by atoms with Crippen molar-refractivity contribution in [3.05, 3.63) is 23.3 Å². The van der Waals surface area contributed by atoms with Gasteiger partial charge in [0, 0.05) is 11.6 Å². The number of likely N-dealkylation sites (N-methyl/N-ethyl adjacent to an activating group) is 1. The van der Waals surface area contributed by atoms with Gasteiger partial charge < -0.3 is 19.9 Å². The summed E-state index contributed by atoms with van der Waals surface area (Å²) in [7, 11) is 5.06. The maximum Gasteiger partial charge on any atom is 0.127 e. The molecule has 0 fully saturated rings. The van der Waals surface area contributed by atoms with Crippen LogP contribution in [0.5, 0.6) is 11.5 Å². The summed E-state index contributed by atoms with van der Waals surface area (Å²) in [6.45, 7) is 3.73. The molecule has 0 saturated carbocycles. The summed E-state index contributed by atoms with van der Waals surface area (Å²) in [5.74, 6) is 1.48. The lowest BCUT2D eigenvalue weighted by molar-refractivity contribution is 0.148. The Kier molecular flexibility index (Phi) is 4.78. The minimum atomic E-state index is -0.499. The summed E-state index contributed by atoms with van der Waals surface area (Å²) in [5.41, 5.74) is 1.99. The van der Waals surface area contributed by atoms with E-state index in [1.807, 2.05) is 26.1 Å². The minimum Gasteiger partial charge on any atom is -0.497 e. The van der Waals surface area contributed by atoms with Crippen LogP contribution in [0.3, 0.4) is 0 Å². The van der Waals surface area contributed by atoms with Crippen molar-refractivity contribution in [2.75, 3.05) is 21.3 Å². The fraction of sp³-hybridized carbons (Fsp3) is 0.538. The van der Waals surface area contributed by atoms with Crippen molar-refractivity contribution < 1.29 is 14.6 Å². The summed E-state index contributed by atoms with van der Waals surface area (Å²) in [6, 6.07) is 3.61. The summed E-state index contributed by atoms with van der Waals surface area (Å²) < 4.78 is 10.6. The molecule has 0 heterocycles. The van der Waals surface area contributed by atoms with Crippen molar-refractivity contribution >= 4 is 0 Å². The van der Waals surface area contributed by atoms with Gasteiger partial charge in [0.25, 0.3) is 0 Å². The predicted molar refractivity (Wildman–Crippen MR) is 67.8 cm³/mol. The highest BCUT2D eigenvalue weighted by molar-refractivity contribution is 5.48. The largest absolute Gasteiger partial charge is 0.497 e. The van der Waals surface area contributed by atoms with E-state index in [0.717, 1.165) is 22.6 Å². The van der Waals surface area contributed by atoms with Crippen LogP contribution < -0.4 is 14.8 Å². The molecular formula is C13H21NO3. The zero-order valence-corrected chi connectivity index (χ0v) is 11.1. The summed E-state index contributed by atoms with van der Waals surface area (Å²) in [6.07, 6.45) is -0.499. The van der Waals surface area contributed by atoms with Crippen LogP contribution in [0.2, 0.25) is 0 Å². The van der Waals surface area contributed by atoms with Crippen LogP contribution in [0.1, 0.15) is 24.1 Å². The van der Waals surface area contributed by atoms with E-state index in [1.54, 1.807) is 21.1 Å². The summed E-state index contributed by atoms with van der Waals surface area (Å²) in [5, 5.41) is 12.9. The first-order valence-corrected chi connectivity index (χ1v) is 5.63. The molecule has 96 valence electrons. The number of aliphatic hydroxyl groups excluding tert-OH is 1. The standard InChI is InChI=1S/C13H21NO3/c1-8-6-10(16-4)7-11(17-5)12(8)13(14-3)9(2)15/h6-7,9,13-15H,1-5H3. The van der Waals surface area contributed by atoms with Gasteiger partial charge in [0.2, 0.25) is 0 Å². The SMILES string of the molecule is CNC(c1c(C)cc(OC)cc1OC)C(C)O. The van der Waals surface area contributed by atoms with Crippen LogP contribution in [-0.2, 0) is 0 Å². The van der Waals surface area contributed by atoms with E-state index in [4.69, 9.17) is 9.47 Å². The van der Waals surface area contributed by atoms with Crippen LogP contribution in [0, 0.1) is 6.92 Å². The fourth-order valence-electron chi connectivity index (χ4n) is 2.05. The van der Waals surface area contributed by atoms with Gasteiger partial charge in [-0.05, 0) is 32.5 Å². The Morgan fingerprint density at radius 2 is 1.88 bits per heavy atom. The van der Waals surface area contributed by atoms with Crippen molar-refractivity contribution in [1.82, 2.24) is 5.32 Å². The van der Waals surface area contributed by atoms with Crippen LogP contribution in [0.25, 0.3) is 0 Å². The molecule has 1 rings (SSSR count). The molecule has 0 aliphatic carbocycles. The molecule has 0 aromatic heterocycles. The zero-order valence-electron chi connectivity index (χ0n) is 11.1. The topological polar surface area (TPSA) is 50.7 Å². The molecule has 17 heavy (non-hydrogen) atoms. The van der Waals surface area contributed by atoms with Gasteiger partial charge in [-0.1, -0.05) is 0 Å². The smallest absolute Gasteiger partial charge is 0.127 e. The summed E-state index contributed by atoms with van der Waals surface area (Å²) in [4.78, 5) is 0. The number of hydrogen-bond donors (Lipinski definition) is 2. The Bertz CT molecular complexity index is 377. The number of methoxy groups -OCH3 is 2. The highest BCUT2D eigenvalue weighted by Crippen LogP contribution is 2.34. The molecule has 0 spiro atoms. The van der Waals surface area contributed by atoms with Gasteiger partial charge in [-0.15, -0.1) is 0 Å². The van der Waals surface area contributed by atoms with E-state index >= 15 is 0 Å². The molecule has 4 heteroatoms. The average Bonchev–Trinajstić information content (AvgIpc) is 2.31. The maximum absolute atomic E-state index is 9.79. The molecule has 0 saturated heterocycles. The van der Waals surface area contributed by atoms with Gasteiger partial charge in [0.15, 0.2) is 0 Å². The molecule has 0 aliphatic rings. The fourth-order valence-corrected chi connectivity index (χ4v) is 2.05. The molecule has 2 N–H and O–H groups in total. The predicted octanol–water partition coefficient (Wildman–Crippen LogP) is 1.65. The van der Waals surface area contributed by atoms with E-state index < -0.39 is 6.10 Å². The highest BCUT2D eigenvalue weighted by atomic mass is 16.5. The monoisotopic (exact) mass is 239 g/mol. The number of ether oxygens (including phenoxy) is 2.